The molecule has 1 aromatic carbocycles. The van der Waals surface area contributed by atoms with Crippen LogP contribution in [0, 0.1) is 0 Å². The maximum absolute atomic E-state index is 12.0. The zero-order chi connectivity index (χ0) is 18.4. The van der Waals surface area contributed by atoms with Gasteiger partial charge in [0, 0.05) is 12.0 Å². The van der Waals surface area contributed by atoms with E-state index < -0.39 is 0 Å². The minimum atomic E-state index is -0.0703. The summed E-state index contributed by atoms with van der Waals surface area (Å²) in [6, 6.07) is 8.59. The van der Waals surface area contributed by atoms with Crippen molar-refractivity contribution in [2.75, 3.05) is 12.3 Å². The van der Waals surface area contributed by atoms with Crippen LogP contribution in [0.2, 0.25) is 0 Å². The average molecular weight is 361 g/mol. The Labute approximate surface area is 154 Å². The lowest BCUT2D eigenvalue weighted by atomic mass is 9.96. The summed E-state index contributed by atoms with van der Waals surface area (Å²) < 4.78 is 0. The van der Waals surface area contributed by atoms with E-state index in [4.69, 9.17) is 0 Å². The molecule has 0 fully saturated rings. The van der Waals surface area contributed by atoms with Crippen LogP contribution in [0.15, 0.2) is 29.4 Å². The highest BCUT2D eigenvalue weighted by molar-refractivity contribution is 7.99. The molecule has 2 rings (SSSR count). The minimum absolute atomic E-state index is 0.00547. The normalized spacial score (nSPS) is 11.8. The number of rotatable bonds is 7. The number of aromatic nitrogens is 3. The van der Waals surface area contributed by atoms with E-state index in [1.165, 1.54) is 22.9 Å². The van der Waals surface area contributed by atoms with Crippen LogP contribution in [-0.4, -0.2) is 33.4 Å². The van der Waals surface area contributed by atoms with Gasteiger partial charge in [-0.15, -0.1) is 5.10 Å². The van der Waals surface area contributed by atoms with Gasteiger partial charge in [-0.1, -0.05) is 70.6 Å². The summed E-state index contributed by atoms with van der Waals surface area (Å²) >= 11 is 1.35. The smallest absolute Gasteiger partial charge is 0.230 e. The largest absolute Gasteiger partial charge is 0.355 e. The van der Waals surface area contributed by atoms with Crippen LogP contribution in [0.5, 0.6) is 0 Å². The van der Waals surface area contributed by atoms with E-state index in [1.807, 2.05) is 0 Å². The molecule has 6 heteroatoms. The molecule has 2 N–H and O–H groups in total. The highest BCUT2D eigenvalue weighted by Gasteiger charge is 2.19. The first-order valence-electron chi connectivity index (χ1n) is 8.67. The molecule has 0 aliphatic carbocycles. The number of amides is 1. The molecule has 1 amide bonds. The van der Waals surface area contributed by atoms with Gasteiger partial charge in [0.15, 0.2) is 0 Å². The number of carbonyl (C=O) groups is 1. The molecule has 136 valence electrons. The van der Waals surface area contributed by atoms with Crippen molar-refractivity contribution < 1.29 is 4.79 Å². The van der Waals surface area contributed by atoms with Crippen LogP contribution in [0.25, 0.3) is 0 Å². The van der Waals surface area contributed by atoms with E-state index in [1.54, 1.807) is 0 Å². The molecule has 1 heterocycles. The molecule has 5 nitrogen and oxygen atoms in total. The Bertz CT molecular complexity index is 686. The van der Waals surface area contributed by atoms with Gasteiger partial charge in [-0.2, -0.15) is 0 Å². The van der Waals surface area contributed by atoms with Crippen molar-refractivity contribution in [3.8, 4) is 0 Å². The SMILES string of the molecule is CC(C)c1ccc(CCNC(=O)CSc2n[nH]c(C(C)(C)C)n2)cc1. The maximum Gasteiger partial charge on any atom is 0.230 e. The number of benzene rings is 1. The van der Waals surface area contributed by atoms with E-state index in [9.17, 15) is 4.79 Å². The lowest BCUT2D eigenvalue weighted by molar-refractivity contribution is -0.118. The lowest BCUT2D eigenvalue weighted by Crippen LogP contribution is -2.27. The Morgan fingerprint density at radius 2 is 1.92 bits per heavy atom. The minimum Gasteiger partial charge on any atom is -0.355 e. The molecule has 0 aliphatic rings. The monoisotopic (exact) mass is 360 g/mol. The highest BCUT2D eigenvalue weighted by Crippen LogP contribution is 2.20. The standard InChI is InChI=1S/C19H28N4OS/c1-13(2)15-8-6-14(7-9-15)10-11-20-16(24)12-25-18-21-17(22-23-18)19(3,4)5/h6-9,13H,10-12H2,1-5H3,(H,20,24)(H,21,22,23). The van der Waals surface area contributed by atoms with E-state index in [0.717, 1.165) is 12.2 Å². The van der Waals surface area contributed by atoms with Crippen molar-refractivity contribution in [1.29, 1.82) is 0 Å². The van der Waals surface area contributed by atoms with Crippen LogP contribution in [0.1, 0.15) is 57.5 Å². The number of thioether (sulfide) groups is 1. The van der Waals surface area contributed by atoms with Gasteiger partial charge in [0.05, 0.1) is 5.75 Å². The Hall–Kier alpha value is -1.82. The molecule has 0 saturated carbocycles. The molecule has 0 spiro atoms. The Balaban J connectivity index is 1.71. The molecule has 0 atom stereocenters. The van der Waals surface area contributed by atoms with E-state index in [2.05, 4.69) is 79.4 Å². The molecular weight excluding hydrogens is 332 g/mol. The molecule has 0 radical (unpaired) electrons. The second-order valence-electron chi connectivity index (χ2n) is 7.50. The topological polar surface area (TPSA) is 70.7 Å². The maximum atomic E-state index is 12.0. The number of nitrogens with zero attached hydrogens (tertiary/aromatic N) is 2. The Kier molecular flexibility index (Phi) is 6.64. The molecular formula is C19H28N4OS. The average Bonchev–Trinajstić information content (AvgIpc) is 3.03. The molecule has 25 heavy (non-hydrogen) atoms. The van der Waals surface area contributed by atoms with Gasteiger partial charge >= 0.3 is 0 Å². The molecule has 0 unspecified atom stereocenters. The van der Waals surface area contributed by atoms with E-state index in [-0.39, 0.29) is 11.3 Å². The van der Waals surface area contributed by atoms with Crippen molar-refractivity contribution in [2.45, 2.75) is 57.5 Å². The first-order valence-corrected chi connectivity index (χ1v) is 9.65. The summed E-state index contributed by atoms with van der Waals surface area (Å²) in [5, 5.41) is 10.6. The van der Waals surface area contributed by atoms with E-state index in [0.29, 0.717) is 23.4 Å². The number of nitrogens with one attached hydrogen (secondary N) is 2. The van der Waals surface area contributed by atoms with Gasteiger partial charge in [-0.3, -0.25) is 9.89 Å². The van der Waals surface area contributed by atoms with Gasteiger partial charge in [0.25, 0.3) is 0 Å². The summed E-state index contributed by atoms with van der Waals surface area (Å²) in [5.74, 6) is 1.71. The zero-order valence-corrected chi connectivity index (χ0v) is 16.5. The van der Waals surface area contributed by atoms with Gasteiger partial charge in [0.1, 0.15) is 5.82 Å². The summed E-state index contributed by atoms with van der Waals surface area (Å²) in [7, 11) is 0. The third kappa shape index (κ3) is 6.20. The highest BCUT2D eigenvalue weighted by atomic mass is 32.2. The first kappa shape index (κ1) is 19.5. The first-order chi connectivity index (χ1) is 11.8. The molecule has 0 bridgehead atoms. The van der Waals surface area contributed by atoms with Crippen LogP contribution in [0.4, 0.5) is 0 Å². The number of H-pyrrole nitrogens is 1. The lowest BCUT2D eigenvalue weighted by Gasteiger charge is -2.12. The van der Waals surface area contributed by atoms with Crippen molar-refractivity contribution >= 4 is 17.7 Å². The van der Waals surface area contributed by atoms with Crippen molar-refractivity contribution in [3.63, 3.8) is 0 Å². The second kappa shape index (κ2) is 8.52. The van der Waals surface area contributed by atoms with Crippen LogP contribution in [0.3, 0.4) is 0 Å². The predicted molar refractivity (Wildman–Crippen MR) is 103 cm³/mol. The van der Waals surface area contributed by atoms with E-state index >= 15 is 0 Å². The van der Waals surface area contributed by atoms with Crippen LogP contribution < -0.4 is 5.32 Å². The number of hydrogen-bond donors (Lipinski definition) is 2. The van der Waals surface area contributed by atoms with Gasteiger partial charge in [-0.25, -0.2) is 4.98 Å². The van der Waals surface area contributed by atoms with Crippen LogP contribution >= 0.6 is 11.8 Å². The van der Waals surface area contributed by atoms with Crippen LogP contribution in [-0.2, 0) is 16.6 Å². The fraction of sp³-hybridized carbons (Fsp3) is 0.526. The molecule has 2 aromatic rings. The second-order valence-corrected chi connectivity index (χ2v) is 8.44. The Morgan fingerprint density at radius 3 is 2.48 bits per heavy atom. The fourth-order valence-corrected chi connectivity index (χ4v) is 2.87. The third-order valence-corrected chi connectivity index (χ3v) is 4.74. The summed E-state index contributed by atoms with van der Waals surface area (Å²) in [4.78, 5) is 16.4. The van der Waals surface area contributed by atoms with Crippen molar-refractivity contribution in [3.05, 3.63) is 41.2 Å². The third-order valence-electron chi connectivity index (χ3n) is 3.89. The van der Waals surface area contributed by atoms with Crippen molar-refractivity contribution in [2.24, 2.45) is 0 Å². The van der Waals surface area contributed by atoms with Crippen molar-refractivity contribution in [1.82, 2.24) is 20.5 Å². The summed E-state index contributed by atoms with van der Waals surface area (Å²) in [6.07, 6.45) is 0.837. The number of aromatic amines is 1. The number of hydrogen-bond acceptors (Lipinski definition) is 4. The summed E-state index contributed by atoms with van der Waals surface area (Å²) in [6.45, 7) is 11.2. The molecule has 0 aliphatic heterocycles. The van der Waals surface area contributed by atoms with Gasteiger partial charge in [-0.05, 0) is 23.5 Å². The fourth-order valence-electron chi connectivity index (χ4n) is 2.24. The summed E-state index contributed by atoms with van der Waals surface area (Å²) in [5.41, 5.74) is 2.51. The number of carbonyl (C=O) groups excluding carboxylic acids is 1. The quantitative estimate of drug-likeness (QED) is 0.739. The van der Waals surface area contributed by atoms with Gasteiger partial charge in [0.2, 0.25) is 11.1 Å². The Morgan fingerprint density at radius 1 is 1.24 bits per heavy atom. The predicted octanol–water partition coefficient (Wildman–Crippen LogP) is 3.68. The zero-order valence-electron chi connectivity index (χ0n) is 15.7. The molecule has 1 aromatic heterocycles. The molecule has 0 saturated heterocycles. The van der Waals surface area contributed by atoms with Gasteiger partial charge < -0.3 is 5.32 Å².